The predicted molar refractivity (Wildman–Crippen MR) is 104 cm³/mol. The van der Waals surface area contributed by atoms with Crippen molar-refractivity contribution in [2.24, 2.45) is 0 Å². The van der Waals surface area contributed by atoms with Crippen molar-refractivity contribution < 1.29 is 9.18 Å². The highest BCUT2D eigenvalue weighted by Crippen LogP contribution is 2.27. The van der Waals surface area contributed by atoms with E-state index in [9.17, 15) is 9.18 Å². The molecule has 6 nitrogen and oxygen atoms in total. The zero-order valence-electron chi connectivity index (χ0n) is 16.1. The van der Waals surface area contributed by atoms with Crippen molar-refractivity contribution in [2.45, 2.75) is 31.7 Å². The molecule has 0 atom stereocenters. The summed E-state index contributed by atoms with van der Waals surface area (Å²) in [5.41, 5.74) is 0.223. The van der Waals surface area contributed by atoms with E-state index >= 15 is 0 Å². The molecule has 146 valence electrons. The number of amides is 2. The number of urea groups is 1. The van der Waals surface area contributed by atoms with E-state index in [1.807, 2.05) is 12.4 Å². The molecule has 0 radical (unpaired) electrons. The van der Waals surface area contributed by atoms with Gasteiger partial charge in [-0.05, 0) is 52.0 Å². The topological polar surface area (TPSA) is 53.4 Å². The Hall–Kier alpha value is -2.41. The van der Waals surface area contributed by atoms with E-state index < -0.39 is 5.82 Å². The van der Waals surface area contributed by atoms with Crippen molar-refractivity contribution in [1.29, 1.82) is 0 Å². The Morgan fingerprint density at radius 2 is 2.04 bits per heavy atom. The van der Waals surface area contributed by atoms with Gasteiger partial charge in [-0.1, -0.05) is 12.1 Å². The minimum absolute atomic E-state index is 0.223. The first kappa shape index (κ1) is 19.4. The number of anilines is 1. The van der Waals surface area contributed by atoms with Crippen LogP contribution in [0.5, 0.6) is 0 Å². The third kappa shape index (κ3) is 5.07. The third-order valence-corrected chi connectivity index (χ3v) is 5.01. The number of piperidine rings is 1. The molecule has 1 saturated heterocycles. The van der Waals surface area contributed by atoms with Crippen LogP contribution in [0.1, 0.15) is 31.0 Å². The van der Waals surface area contributed by atoms with E-state index in [-0.39, 0.29) is 11.7 Å². The Morgan fingerprint density at radius 3 is 2.74 bits per heavy atom. The van der Waals surface area contributed by atoms with Gasteiger partial charge in [0.15, 0.2) is 0 Å². The number of hydrogen-bond donors (Lipinski definition) is 1. The van der Waals surface area contributed by atoms with E-state index in [1.54, 1.807) is 23.1 Å². The number of para-hydroxylation sites is 1. The molecule has 0 saturated carbocycles. The van der Waals surface area contributed by atoms with Crippen LogP contribution in [0.25, 0.3) is 0 Å². The van der Waals surface area contributed by atoms with Gasteiger partial charge in [-0.25, -0.2) is 14.2 Å². The Morgan fingerprint density at radius 1 is 1.30 bits per heavy atom. The second kappa shape index (κ2) is 8.99. The van der Waals surface area contributed by atoms with E-state index in [0.29, 0.717) is 19.0 Å². The number of aryl methyl sites for hydroxylation is 1. The number of hydrogen-bond acceptors (Lipinski definition) is 3. The summed E-state index contributed by atoms with van der Waals surface area (Å²) in [4.78, 5) is 20.9. The number of nitrogens with one attached hydrogen (secondary N) is 1. The van der Waals surface area contributed by atoms with Crippen LogP contribution in [0.2, 0.25) is 0 Å². The van der Waals surface area contributed by atoms with Crippen molar-refractivity contribution in [3.63, 3.8) is 0 Å². The van der Waals surface area contributed by atoms with Crippen LogP contribution in [0.3, 0.4) is 0 Å². The molecule has 1 N–H and O–H groups in total. The first-order chi connectivity index (χ1) is 13.0. The number of halogens is 1. The summed E-state index contributed by atoms with van der Waals surface area (Å²) >= 11 is 0. The lowest BCUT2D eigenvalue weighted by Crippen LogP contribution is -2.41. The molecule has 1 aromatic heterocycles. The number of benzene rings is 1. The number of nitrogens with zero attached hydrogens (tertiary/aromatic N) is 4. The number of carbonyl (C=O) groups is 1. The highest BCUT2D eigenvalue weighted by atomic mass is 19.1. The van der Waals surface area contributed by atoms with Crippen LogP contribution < -0.4 is 5.32 Å². The van der Waals surface area contributed by atoms with Gasteiger partial charge < -0.3 is 19.7 Å². The lowest BCUT2D eigenvalue weighted by atomic mass is 9.96. The number of rotatable bonds is 6. The maximum Gasteiger partial charge on any atom is 0.321 e. The van der Waals surface area contributed by atoms with Gasteiger partial charge in [-0.3, -0.25) is 0 Å². The predicted octanol–water partition coefficient (Wildman–Crippen LogP) is 3.39. The number of aromatic nitrogens is 2. The lowest BCUT2D eigenvalue weighted by molar-refractivity contribution is 0.192. The van der Waals surface area contributed by atoms with Gasteiger partial charge >= 0.3 is 6.03 Å². The van der Waals surface area contributed by atoms with Gasteiger partial charge in [0.25, 0.3) is 0 Å². The number of imidazole rings is 1. The average Bonchev–Trinajstić information content (AvgIpc) is 3.12. The maximum atomic E-state index is 13.7. The zero-order chi connectivity index (χ0) is 19.2. The van der Waals surface area contributed by atoms with Crippen molar-refractivity contribution >= 4 is 11.7 Å². The Balaban J connectivity index is 1.52. The molecule has 3 rings (SSSR count). The maximum absolute atomic E-state index is 13.7. The van der Waals surface area contributed by atoms with Gasteiger partial charge in [0, 0.05) is 37.9 Å². The van der Waals surface area contributed by atoms with Gasteiger partial charge in [-0.2, -0.15) is 0 Å². The number of carbonyl (C=O) groups excluding carboxylic acids is 1. The molecule has 27 heavy (non-hydrogen) atoms. The molecule has 2 aromatic rings. The van der Waals surface area contributed by atoms with Crippen LogP contribution in [0, 0.1) is 5.82 Å². The zero-order valence-corrected chi connectivity index (χ0v) is 16.1. The van der Waals surface area contributed by atoms with Crippen LogP contribution >= 0.6 is 0 Å². The van der Waals surface area contributed by atoms with E-state index in [0.717, 1.165) is 38.2 Å². The second-order valence-electron chi connectivity index (χ2n) is 7.31. The highest BCUT2D eigenvalue weighted by molar-refractivity contribution is 5.89. The molecule has 1 aliphatic heterocycles. The SMILES string of the molecule is CN(C)CCCn1ccnc1C1CCN(C(=O)Nc2ccccc2F)CC1. The fourth-order valence-electron chi connectivity index (χ4n) is 3.52. The molecule has 0 spiro atoms. The summed E-state index contributed by atoms with van der Waals surface area (Å²) in [6, 6.07) is 5.99. The fraction of sp³-hybridized carbons (Fsp3) is 0.500. The van der Waals surface area contributed by atoms with Crippen LogP contribution in [0.15, 0.2) is 36.7 Å². The average molecular weight is 373 g/mol. The smallest absolute Gasteiger partial charge is 0.321 e. The fourth-order valence-corrected chi connectivity index (χ4v) is 3.52. The van der Waals surface area contributed by atoms with Crippen LogP contribution in [0.4, 0.5) is 14.9 Å². The summed E-state index contributed by atoms with van der Waals surface area (Å²) in [7, 11) is 4.16. The molecule has 0 unspecified atom stereocenters. The molecule has 0 bridgehead atoms. The van der Waals surface area contributed by atoms with Gasteiger partial charge in [0.05, 0.1) is 5.69 Å². The molecule has 2 heterocycles. The first-order valence-corrected chi connectivity index (χ1v) is 9.51. The van der Waals surface area contributed by atoms with Gasteiger partial charge in [0.2, 0.25) is 0 Å². The molecule has 7 heteroatoms. The van der Waals surface area contributed by atoms with Gasteiger partial charge in [0.1, 0.15) is 11.6 Å². The van der Waals surface area contributed by atoms with E-state index in [2.05, 4.69) is 33.9 Å². The van der Waals surface area contributed by atoms with E-state index in [4.69, 9.17) is 0 Å². The summed E-state index contributed by atoms with van der Waals surface area (Å²) in [6.07, 6.45) is 6.73. The molecule has 2 amide bonds. The second-order valence-corrected chi connectivity index (χ2v) is 7.31. The van der Waals surface area contributed by atoms with Crippen molar-refractivity contribution in [3.05, 3.63) is 48.3 Å². The summed E-state index contributed by atoms with van der Waals surface area (Å²) in [5.74, 6) is 1.06. The first-order valence-electron chi connectivity index (χ1n) is 9.51. The molecular formula is C20H28FN5O. The standard InChI is InChI=1S/C20H28FN5O/c1-24(2)11-5-12-25-15-10-22-19(25)16-8-13-26(14-9-16)20(27)23-18-7-4-3-6-17(18)21/h3-4,6-7,10,15-16H,5,8-9,11-14H2,1-2H3,(H,23,27). The highest BCUT2D eigenvalue weighted by Gasteiger charge is 2.26. The molecule has 1 aliphatic rings. The van der Waals surface area contributed by atoms with Crippen molar-refractivity contribution in [1.82, 2.24) is 19.4 Å². The van der Waals surface area contributed by atoms with E-state index in [1.165, 1.54) is 6.07 Å². The minimum atomic E-state index is -0.416. The van der Waals surface area contributed by atoms with Gasteiger partial charge in [-0.15, -0.1) is 0 Å². The van der Waals surface area contributed by atoms with Crippen LogP contribution in [-0.4, -0.2) is 59.1 Å². The molecule has 1 fully saturated rings. The lowest BCUT2D eigenvalue weighted by Gasteiger charge is -2.32. The Kier molecular flexibility index (Phi) is 6.45. The monoisotopic (exact) mass is 373 g/mol. The summed E-state index contributed by atoms with van der Waals surface area (Å²) in [5, 5.41) is 2.67. The third-order valence-electron chi connectivity index (χ3n) is 5.01. The quantitative estimate of drug-likeness (QED) is 0.845. The molecule has 1 aromatic carbocycles. The van der Waals surface area contributed by atoms with Crippen molar-refractivity contribution in [2.75, 3.05) is 39.0 Å². The van der Waals surface area contributed by atoms with Crippen LogP contribution in [-0.2, 0) is 6.54 Å². The van der Waals surface area contributed by atoms with Crippen molar-refractivity contribution in [3.8, 4) is 0 Å². The number of likely N-dealkylation sites (tertiary alicyclic amines) is 1. The Bertz CT molecular complexity index is 752. The summed E-state index contributed by atoms with van der Waals surface area (Å²) < 4.78 is 16.0. The summed E-state index contributed by atoms with van der Waals surface area (Å²) in [6.45, 7) is 3.30. The minimum Gasteiger partial charge on any atom is -0.335 e. The molecular weight excluding hydrogens is 345 g/mol. The Labute approximate surface area is 160 Å². The normalized spacial score (nSPS) is 15.3. The largest absolute Gasteiger partial charge is 0.335 e. The molecule has 0 aliphatic carbocycles.